The fourth-order valence-electron chi connectivity index (χ4n) is 3.18. The average Bonchev–Trinajstić information content (AvgIpc) is 2.86. The number of rotatable bonds is 4. The Morgan fingerprint density at radius 3 is 2.50 bits per heavy atom. The molecule has 0 unspecified atom stereocenters. The number of aryl methyl sites for hydroxylation is 1. The molecule has 0 bridgehead atoms. The van der Waals surface area contributed by atoms with Crippen LogP contribution in [0.3, 0.4) is 0 Å². The summed E-state index contributed by atoms with van der Waals surface area (Å²) in [5.74, 6) is -0.361. The van der Waals surface area contributed by atoms with Gasteiger partial charge in [0, 0.05) is 24.3 Å². The first-order valence-electron chi connectivity index (χ1n) is 7.48. The topological polar surface area (TPSA) is 20.3 Å². The fraction of sp³-hybridized carbons (Fsp3) is 0.588. The van der Waals surface area contributed by atoms with E-state index >= 15 is 0 Å². The molecule has 1 heterocycles. The quantitative estimate of drug-likeness (QED) is 0.762. The normalized spacial score (nSPS) is 17.6. The van der Waals surface area contributed by atoms with Crippen molar-refractivity contribution in [2.24, 2.45) is 5.41 Å². The van der Waals surface area contributed by atoms with E-state index in [0.717, 1.165) is 38.0 Å². The van der Waals surface area contributed by atoms with Gasteiger partial charge in [-0.1, -0.05) is 13.8 Å². The van der Waals surface area contributed by atoms with Crippen molar-refractivity contribution in [2.45, 2.75) is 47.0 Å². The zero-order valence-electron chi connectivity index (χ0n) is 12.9. The van der Waals surface area contributed by atoms with Crippen LogP contribution in [0.1, 0.15) is 56.0 Å². The van der Waals surface area contributed by atoms with Gasteiger partial charge >= 0.3 is 0 Å². The predicted octanol–water partition coefficient (Wildman–Crippen LogP) is 4.35. The van der Waals surface area contributed by atoms with Gasteiger partial charge < -0.3 is 4.90 Å². The third-order valence-electron chi connectivity index (χ3n) is 4.94. The molecule has 20 heavy (non-hydrogen) atoms. The lowest BCUT2D eigenvalue weighted by atomic mass is 9.82. The average molecular weight is 277 g/mol. The van der Waals surface area contributed by atoms with Gasteiger partial charge in [-0.3, -0.25) is 4.79 Å². The summed E-state index contributed by atoms with van der Waals surface area (Å²) in [7, 11) is 0. The van der Waals surface area contributed by atoms with Crippen molar-refractivity contribution < 1.29 is 9.18 Å². The van der Waals surface area contributed by atoms with Gasteiger partial charge in [-0.2, -0.15) is 0 Å². The van der Waals surface area contributed by atoms with Gasteiger partial charge in [0.05, 0.1) is 0 Å². The van der Waals surface area contributed by atoms with E-state index in [1.165, 1.54) is 13.0 Å². The summed E-state index contributed by atoms with van der Waals surface area (Å²) in [6.07, 6.45) is 3.44. The Hall–Kier alpha value is -1.38. The van der Waals surface area contributed by atoms with E-state index in [2.05, 4.69) is 18.7 Å². The lowest BCUT2D eigenvalue weighted by molar-refractivity contribution is 0.101. The van der Waals surface area contributed by atoms with E-state index < -0.39 is 0 Å². The second-order valence-electron chi connectivity index (χ2n) is 6.05. The van der Waals surface area contributed by atoms with E-state index in [0.29, 0.717) is 16.5 Å². The molecule has 1 aromatic rings. The number of hydrogen-bond donors (Lipinski definition) is 0. The Kier molecular flexibility index (Phi) is 4.17. The highest BCUT2D eigenvalue weighted by Gasteiger charge is 2.36. The van der Waals surface area contributed by atoms with Gasteiger partial charge in [0.25, 0.3) is 0 Å². The molecule has 0 spiro atoms. The van der Waals surface area contributed by atoms with Crippen LogP contribution in [0, 0.1) is 18.2 Å². The van der Waals surface area contributed by atoms with Crippen LogP contribution >= 0.6 is 0 Å². The number of ketones is 1. The van der Waals surface area contributed by atoms with E-state index in [-0.39, 0.29) is 11.6 Å². The van der Waals surface area contributed by atoms with Gasteiger partial charge in [-0.05, 0) is 56.2 Å². The molecule has 0 saturated carbocycles. The Bertz CT molecular complexity index is 520. The van der Waals surface area contributed by atoms with Crippen molar-refractivity contribution in [2.75, 3.05) is 18.0 Å². The van der Waals surface area contributed by atoms with Crippen molar-refractivity contribution in [1.82, 2.24) is 0 Å². The predicted molar refractivity (Wildman–Crippen MR) is 81.0 cm³/mol. The van der Waals surface area contributed by atoms with Gasteiger partial charge in [0.15, 0.2) is 5.78 Å². The molecule has 1 aliphatic rings. The van der Waals surface area contributed by atoms with Crippen molar-refractivity contribution in [1.29, 1.82) is 0 Å². The number of carbonyl (C=O) groups is 1. The maximum atomic E-state index is 13.7. The largest absolute Gasteiger partial charge is 0.370 e. The number of benzene rings is 1. The van der Waals surface area contributed by atoms with E-state index in [1.54, 1.807) is 6.92 Å². The molecule has 1 fully saturated rings. The molecular formula is C17H24FNO. The van der Waals surface area contributed by atoms with E-state index in [1.807, 2.05) is 6.07 Å². The molecule has 0 aromatic heterocycles. The first-order chi connectivity index (χ1) is 9.42. The van der Waals surface area contributed by atoms with Crippen molar-refractivity contribution in [3.8, 4) is 0 Å². The SMILES string of the molecule is CCC1(CC)CCN(c2cc(C)c(F)cc2C(C)=O)C1. The molecule has 1 aromatic carbocycles. The summed E-state index contributed by atoms with van der Waals surface area (Å²) < 4.78 is 13.7. The smallest absolute Gasteiger partial charge is 0.161 e. The molecule has 2 rings (SSSR count). The van der Waals surface area contributed by atoms with Gasteiger partial charge in [-0.15, -0.1) is 0 Å². The molecule has 1 aliphatic heterocycles. The number of carbonyl (C=O) groups excluding carboxylic acids is 1. The van der Waals surface area contributed by atoms with Crippen molar-refractivity contribution >= 4 is 11.5 Å². The number of hydrogen-bond acceptors (Lipinski definition) is 2. The van der Waals surface area contributed by atoms with Crippen LogP contribution in [0.4, 0.5) is 10.1 Å². The molecule has 0 aliphatic carbocycles. The van der Waals surface area contributed by atoms with E-state index in [4.69, 9.17) is 0 Å². The standard InChI is InChI=1S/C17H24FNO/c1-5-17(6-2)7-8-19(11-17)16-9-12(3)15(18)10-14(16)13(4)20/h9-10H,5-8,11H2,1-4H3. The zero-order chi connectivity index (χ0) is 14.9. The van der Waals surface area contributed by atoms with Crippen LogP contribution in [0.5, 0.6) is 0 Å². The minimum Gasteiger partial charge on any atom is -0.370 e. The summed E-state index contributed by atoms with van der Waals surface area (Å²) in [4.78, 5) is 14.1. The highest BCUT2D eigenvalue weighted by molar-refractivity contribution is 6.00. The summed E-state index contributed by atoms with van der Waals surface area (Å²) in [5.41, 5.74) is 2.36. The Morgan fingerprint density at radius 1 is 1.35 bits per heavy atom. The van der Waals surface area contributed by atoms with Crippen molar-refractivity contribution in [3.05, 3.63) is 29.1 Å². The molecule has 0 atom stereocenters. The molecule has 1 saturated heterocycles. The highest BCUT2D eigenvalue weighted by atomic mass is 19.1. The lowest BCUT2D eigenvalue weighted by Crippen LogP contribution is -2.27. The third-order valence-corrected chi connectivity index (χ3v) is 4.94. The maximum absolute atomic E-state index is 13.7. The van der Waals surface area contributed by atoms with Crippen LogP contribution in [0.2, 0.25) is 0 Å². The molecule has 0 N–H and O–H groups in total. The number of nitrogens with zero attached hydrogens (tertiary/aromatic N) is 1. The van der Waals surface area contributed by atoms with Crippen molar-refractivity contribution in [3.63, 3.8) is 0 Å². The molecule has 110 valence electrons. The Labute approximate surface area is 121 Å². The van der Waals surface area contributed by atoms with Crippen LogP contribution in [-0.2, 0) is 0 Å². The zero-order valence-corrected chi connectivity index (χ0v) is 12.9. The number of anilines is 1. The molecule has 2 nitrogen and oxygen atoms in total. The van der Waals surface area contributed by atoms with Crippen LogP contribution < -0.4 is 4.90 Å². The maximum Gasteiger partial charge on any atom is 0.161 e. The first kappa shape index (κ1) is 15.0. The minimum absolute atomic E-state index is 0.0654. The summed E-state index contributed by atoms with van der Waals surface area (Å²) in [5, 5.41) is 0. The minimum atomic E-state index is -0.296. The van der Waals surface area contributed by atoms with Crippen LogP contribution in [0.25, 0.3) is 0 Å². The number of halogens is 1. The lowest BCUT2D eigenvalue weighted by Gasteiger charge is -2.28. The van der Waals surface area contributed by atoms with Gasteiger partial charge in [-0.25, -0.2) is 4.39 Å². The number of Topliss-reactive ketones (excluding diaryl/α,β-unsaturated/α-hetero) is 1. The first-order valence-corrected chi connectivity index (χ1v) is 7.48. The second-order valence-corrected chi connectivity index (χ2v) is 6.05. The monoisotopic (exact) mass is 277 g/mol. The second kappa shape index (κ2) is 5.55. The Balaban J connectivity index is 2.39. The van der Waals surface area contributed by atoms with Crippen LogP contribution in [0.15, 0.2) is 12.1 Å². The molecular weight excluding hydrogens is 253 g/mol. The Morgan fingerprint density at radius 2 is 2.00 bits per heavy atom. The third kappa shape index (κ3) is 2.58. The van der Waals surface area contributed by atoms with Crippen LogP contribution in [-0.4, -0.2) is 18.9 Å². The molecule has 0 radical (unpaired) electrons. The van der Waals surface area contributed by atoms with Gasteiger partial charge in [0.1, 0.15) is 5.82 Å². The summed E-state index contributed by atoms with van der Waals surface area (Å²) >= 11 is 0. The summed E-state index contributed by atoms with van der Waals surface area (Å²) in [6.45, 7) is 9.64. The highest BCUT2D eigenvalue weighted by Crippen LogP contribution is 2.40. The fourth-order valence-corrected chi connectivity index (χ4v) is 3.18. The van der Waals surface area contributed by atoms with E-state index in [9.17, 15) is 9.18 Å². The summed E-state index contributed by atoms with van der Waals surface area (Å²) in [6, 6.07) is 3.22. The molecule has 0 amide bonds. The van der Waals surface area contributed by atoms with Gasteiger partial charge in [0.2, 0.25) is 0 Å². The molecule has 3 heteroatoms.